The molecule has 0 spiro atoms. The molecule has 0 aromatic heterocycles. The van der Waals surface area contributed by atoms with Crippen LogP contribution in [0.5, 0.6) is 0 Å². The Balaban J connectivity index is 4.77. The molecule has 2 unspecified atom stereocenters. The molecule has 0 saturated heterocycles. The van der Waals surface area contributed by atoms with Crippen molar-refractivity contribution in [1.29, 1.82) is 0 Å². The van der Waals surface area contributed by atoms with E-state index in [1.165, 1.54) is 6.08 Å². The standard InChI is InChI=1S/C8H14O7PS/c1-4-6-13-7(9)8(15-17(3,11)12)16(10)14-5-2/h4,8H,1,5-6H2,2-3H3/q+1. The van der Waals surface area contributed by atoms with Gasteiger partial charge in [0.2, 0.25) is 0 Å². The average Bonchev–Trinajstić information content (AvgIpc) is 2.21. The smallest absolute Gasteiger partial charge is 0.456 e. The highest BCUT2D eigenvalue weighted by atomic mass is 32.2. The normalized spacial score (nSPS) is 13.9. The Kier molecular flexibility index (Phi) is 7.13. The van der Waals surface area contributed by atoms with Gasteiger partial charge in [0.1, 0.15) is 6.61 Å². The van der Waals surface area contributed by atoms with Gasteiger partial charge in [-0.25, -0.2) is 8.98 Å². The van der Waals surface area contributed by atoms with Crippen LogP contribution >= 0.6 is 8.03 Å². The van der Waals surface area contributed by atoms with E-state index in [0.29, 0.717) is 0 Å². The van der Waals surface area contributed by atoms with Crippen molar-refractivity contribution in [3.8, 4) is 0 Å². The molecule has 7 nitrogen and oxygen atoms in total. The van der Waals surface area contributed by atoms with Gasteiger partial charge in [-0.05, 0) is 11.5 Å². The fourth-order valence-electron chi connectivity index (χ4n) is 0.733. The summed E-state index contributed by atoms with van der Waals surface area (Å²) in [5, 5.41) is 0. The largest absolute Gasteiger partial charge is 0.554 e. The SMILES string of the molecule is C=CCOC(=O)C(OS(C)(=O)=O)[P+](=O)OCC. The van der Waals surface area contributed by atoms with Crippen molar-refractivity contribution in [2.24, 2.45) is 0 Å². The lowest BCUT2D eigenvalue weighted by Crippen LogP contribution is -2.26. The number of carbonyl (C=O) groups excluding carboxylic acids is 1. The van der Waals surface area contributed by atoms with E-state index in [2.05, 4.69) is 20.0 Å². The van der Waals surface area contributed by atoms with Gasteiger partial charge in [0.25, 0.3) is 10.1 Å². The molecule has 0 fully saturated rings. The molecular weight excluding hydrogens is 271 g/mol. The summed E-state index contributed by atoms with van der Waals surface area (Å²) >= 11 is 0. The molecule has 0 radical (unpaired) electrons. The maximum Gasteiger partial charge on any atom is 0.554 e. The van der Waals surface area contributed by atoms with Crippen LogP contribution in [0.1, 0.15) is 6.92 Å². The van der Waals surface area contributed by atoms with E-state index in [-0.39, 0.29) is 13.2 Å². The molecule has 0 aliphatic carbocycles. The summed E-state index contributed by atoms with van der Waals surface area (Å²) in [5.41, 5.74) is 0. The Hall–Kier alpha value is -0.820. The lowest BCUT2D eigenvalue weighted by molar-refractivity contribution is -0.146. The third-order valence-corrected chi connectivity index (χ3v) is 3.16. The second-order valence-corrected chi connectivity index (χ2v) is 5.67. The fourth-order valence-corrected chi connectivity index (χ4v) is 2.53. The molecule has 0 amide bonds. The van der Waals surface area contributed by atoms with Gasteiger partial charge >= 0.3 is 19.8 Å². The molecule has 2 atom stereocenters. The Morgan fingerprint density at radius 1 is 1.53 bits per heavy atom. The second-order valence-electron chi connectivity index (χ2n) is 2.77. The van der Waals surface area contributed by atoms with Crippen molar-refractivity contribution >= 4 is 24.1 Å². The fraction of sp³-hybridized carbons (Fsp3) is 0.625. The van der Waals surface area contributed by atoms with Gasteiger partial charge in [0, 0.05) is 0 Å². The molecule has 0 rings (SSSR count). The zero-order valence-electron chi connectivity index (χ0n) is 9.49. The van der Waals surface area contributed by atoms with Crippen molar-refractivity contribution in [3.05, 3.63) is 12.7 Å². The van der Waals surface area contributed by atoms with Gasteiger partial charge in [-0.1, -0.05) is 12.7 Å². The Morgan fingerprint density at radius 2 is 2.12 bits per heavy atom. The van der Waals surface area contributed by atoms with Crippen molar-refractivity contribution in [3.63, 3.8) is 0 Å². The van der Waals surface area contributed by atoms with Gasteiger partial charge in [-0.15, -0.1) is 4.52 Å². The predicted molar refractivity (Wildman–Crippen MR) is 60.1 cm³/mol. The van der Waals surface area contributed by atoms with Gasteiger partial charge in [-0.2, -0.15) is 8.42 Å². The van der Waals surface area contributed by atoms with Crippen LogP contribution in [0.3, 0.4) is 0 Å². The highest BCUT2D eigenvalue weighted by Crippen LogP contribution is 2.32. The van der Waals surface area contributed by atoms with Crippen LogP contribution in [0.2, 0.25) is 0 Å². The van der Waals surface area contributed by atoms with Crippen molar-refractivity contribution in [2.75, 3.05) is 19.5 Å². The van der Waals surface area contributed by atoms with E-state index in [4.69, 9.17) is 0 Å². The molecule has 0 aliphatic heterocycles. The minimum atomic E-state index is -3.95. The molecule has 98 valence electrons. The molecular formula is C8H14O7PS+. The first-order valence-corrected chi connectivity index (χ1v) is 7.63. The van der Waals surface area contributed by atoms with Gasteiger partial charge in [0.15, 0.2) is 0 Å². The van der Waals surface area contributed by atoms with Crippen LogP contribution in [-0.4, -0.2) is 39.7 Å². The molecule has 0 bridgehead atoms. The average molecular weight is 285 g/mol. The molecule has 0 aromatic rings. The Labute approximate surface area is 101 Å². The summed E-state index contributed by atoms with van der Waals surface area (Å²) in [5.74, 6) is -2.87. The minimum absolute atomic E-state index is 0.0492. The third-order valence-electron chi connectivity index (χ3n) is 1.26. The molecule has 0 N–H and O–H groups in total. The number of hydrogen-bond acceptors (Lipinski definition) is 7. The monoisotopic (exact) mass is 285 g/mol. The van der Waals surface area contributed by atoms with E-state index in [1.54, 1.807) is 6.92 Å². The topological polar surface area (TPSA) is 96.0 Å². The molecule has 0 aromatic carbocycles. The summed E-state index contributed by atoms with van der Waals surface area (Å²) < 4.78 is 46.8. The summed E-state index contributed by atoms with van der Waals surface area (Å²) in [6.45, 7) is 4.76. The van der Waals surface area contributed by atoms with Gasteiger partial charge in [-0.3, -0.25) is 0 Å². The second kappa shape index (κ2) is 7.50. The molecule has 9 heteroatoms. The molecule has 0 saturated carbocycles. The lowest BCUT2D eigenvalue weighted by atomic mass is 10.6. The first-order valence-electron chi connectivity index (χ1n) is 4.57. The lowest BCUT2D eigenvalue weighted by Gasteiger charge is -2.05. The van der Waals surface area contributed by atoms with E-state index < -0.39 is 30.0 Å². The van der Waals surface area contributed by atoms with Crippen LogP contribution < -0.4 is 0 Å². The molecule has 0 heterocycles. The zero-order chi connectivity index (χ0) is 13.5. The van der Waals surface area contributed by atoms with Crippen molar-refractivity contribution < 1.29 is 31.2 Å². The Bertz CT molecular complexity index is 389. The number of carbonyl (C=O) groups is 1. The first kappa shape index (κ1) is 16.2. The van der Waals surface area contributed by atoms with E-state index >= 15 is 0 Å². The van der Waals surface area contributed by atoms with Crippen LogP contribution in [0.4, 0.5) is 0 Å². The maximum absolute atomic E-state index is 11.4. The summed E-state index contributed by atoms with van der Waals surface area (Å²) in [7, 11) is -6.57. The molecule has 17 heavy (non-hydrogen) atoms. The third kappa shape index (κ3) is 7.17. The van der Waals surface area contributed by atoms with E-state index in [1.807, 2.05) is 0 Å². The number of ether oxygens (including phenoxy) is 1. The zero-order valence-corrected chi connectivity index (χ0v) is 11.2. The van der Waals surface area contributed by atoms with E-state index in [0.717, 1.165) is 6.26 Å². The van der Waals surface area contributed by atoms with Crippen molar-refractivity contribution in [2.45, 2.75) is 12.8 Å². The van der Waals surface area contributed by atoms with Crippen molar-refractivity contribution in [1.82, 2.24) is 0 Å². The van der Waals surface area contributed by atoms with Crippen LogP contribution in [-0.2, 0) is 32.9 Å². The highest BCUT2D eigenvalue weighted by Gasteiger charge is 2.45. The molecule has 0 aliphatic rings. The minimum Gasteiger partial charge on any atom is -0.456 e. The van der Waals surface area contributed by atoms with Gasteiger partial charge in [0.05, 0.1) is 12.9 Å². The van der Waals surface area contributed by atoms with Crippen LogP contribution in [0, 0.1) is 0 Å². The number of rotatable bonds is 8. The van der Waals surface area contributed by atoms with Crippen LogP contribution in [0.15, 0.2) is 12.7 Å². The summed E-state index contributed by atoms with van der Waals surface area (Å²) in [4.78, 5) is 11.4. The maximum atomic E-state index is 11.4. The number of hydrogen-bond donors (Lipinski definition) is 0. The first-order chi connectivity index (χ1) is 7.81. The van der Waals surface area contributed by atoms with Crippen LogP contribution in [0.25, 0.3) is 0 Å². The van der Waals surface area contributed by atoms with E-state index in [9.17, 15) is 17.8 Å². The Morgan fingerprint density at radius 3 is 2.53 bits per heavy atom. The quantitative estimate of drug-likeness (QED) is 0.281. The predicted octanol–water partition coefficient (Wildman–Crippen LogP) is 0.797. The van der Waals surface area contributed by atoms with Gasteiger partial charge < -0.3 is 4.74 Å². The summed E-state index contributed by atoms with van der Waals surface area (Å²) in [6.07, 6.45) is 2.01. The summed E-state index contributed by atoms with van der Waals surface area (Å²) in [6, 6.07) is 0. The highest BCUT2D eigenvalue weighted by molar-refractivity contribution is 7.86. The number of esters is 1.